The molecule has 0 N–H and O–H groups in total. The van der Waals surface area contributed by atoms with Crippen molar-refractivity contribution < 1.29 is 19.2 Å². The molecule has 0 unspecified atom stereocenters. The maximum Gasteiger partial charge on any atom is 0.262 e. The summed E-state index contributed by atoms with van der Waals surface area (Å²) in [5.74, 6) is -1.86. The van der Waals surface area contributed by atoms with Gasteiger partial charge in [0.1, 0.15) is 6.04 Å². The van der Waals surface area contributed by atoms with Crippen molar-refractivity contribution in [2.45, 2.75) is 13.0 Å². The average molecular weight is 231 g/mol. The third kappa shape index (κ3) is 1.56. The van der Waals surface area contributed by atoms with Crippen LogP contribution < -0.4 is 0 Å². The molecule has 0 fully saturated rings. The van der Waals surface area contributed by atoms with Crippen LogP contribution in [0.1, 0.15) is 27.6 Å². The molecule has 1 heterocycles. The zero-order valence-electron chi connectivity index (χ0n) is 9.04. The Labute approximate surface area is 97.0 Å². The Morgan fingerprint density at radius 1 is 1.18 bits per heavy atom. The summed E-state index contributed by atoms with van der Waals surface area (Å²) >= 11 is 0. The molecular formula is C12H9NO4. The number of fused-ring (bicyclic) bond motifs is 1. The fourth-order valence-electron chi connectivity index (χ4n) is 1.79. The number of hydrogen-bond acceptors (Lipinski definition) is 4. The fraction of sp³-hybridized carbons (Fsp3) is 0.167. The van der Waals surface area contributed by atoms with Crippen molar-refractivity contribution >= 4 is 23.9 Å². The van der Waals surface area contributed by atoms with E-state index in [1.54, 1.807) is 12.1 Å². The maximum atomic E-state index is 11.9. The Hall–Kier alpha value is -2.30. The highest BCUT2D eigenvalue weighted by atomic mass is 16.2. The van der Waals surface area contributed by atoms with Crippen molar-refractivity contribution in [1.29, 1.82) is 0 Å². The molecule has 86 valence electrons. The van der Waals surface area contributed by atoms with Gasteiger partial charge in [0.25, 0.3) is 11.8 Å². The molecule has 0 bridgehead atoms. The molecule has 1 aromatic rings. The summed E-state index contributed by atoms with van der Waals surface area (Å²) in [6, 6.07) is 5.26. The lowest BCUT2D eigenvalue weighted by Gasteiger charge is -2.18. The molecule has 1 atom stereocenters. The Morgan fingerprint density at radius 3 is 2.06 bits per heavy atom. The van der Waals surface area contributed by atoms with Gasteiger partial charge >= 0.3 is 0 Å². The third-order valence-electron chi connectivity index (χ3n) is 2.74. The van der Waals surface area contributed by atoms with E-state index < -0.39 is 23.6 Å². The number of aldehydes is 1. The summed E-state index contributed by atoms with van der Waals surface area (Å²) in [6.07, 6.45) is 0.119. The molecule has 0 saturated heterocycles. The van der Waals surface area contributed by atoms with Gasteiger partial charge in [-0.25, -0.2) is 0 Å². The van der Waals surface area contributed by atoms with Crippen LogP contribution in [0.2, 0.25) is 0 Å². The van der Waals surface area contributed by atoms with E-state index >= 15 is 0 Å². The minimum absolute atomic E-state index is 0.119. The highest BCUT2D eigenvalue weighted by molar-refractivity contribution is 6.31. The van der Waals surface area contributed by atoms with Crippen LogP contribution in [0.4, 0.5) is 0 Å². The van der Waals surface area contributed by atoms with Crippen LogP contribution in [0.5, 0.6) is 0 Å². The monoisotopic (exact) mass is 231 g/mol. The number of carbonyl (C=O) groups excluding carboxylic acids is 4. The predicted octanol–water partition coefficient (Wildman–Crippen LogP) is 0.439. The first-order valence-corrected chi connectivity index (χ1v) is 5.04. The predicted molar refractivity (Wildman–Crippen MR) is 57.5 cm³/mol. The second kappa shape index (κ2) is 3.93. The average Bonchev–Trinajstić information content (AvgIpc) is 2.61. The van der Waals surface area contributed by atoms with Gasteiger partial charge < -0.3 is 0 Å². The van der Waals surface area contributed by atoms with Gasteiger partial charge in [-0.15, -0.1) is 0 Å². The van der Waals surface area contributed by atoms with E-state index in [9.17, 15) is 19.2 Å². The molecule has 1 aliphatic rings. The van der Waals surface area contributed by atoms with Gasteiger partial charge in [-0.3, -0.25) is 24.1 Å². The Bertz CT molecular complexity index is 500. The number of amides is 2. The normalized spacial score (nSPS) is 15.7. The molecule has 0 spiro atoms. The number of nitrogens with zero attached hydrogens (tertiary/aromatic N) is 1. The number of imide groups is 1. The zero-order chi connectivity index (χ0) is 12.6. The van der Waals surface area contributed by atoms with Crippen molar-refractivity contribution in [3.8, 4) is 0 Å². The van der Waals surface area contributed by atoms with Gasteiger partial charge in [0.05, 0.1) is 11.1 Å². The largest absolute Gasteiger partial charge is 0.295 e. The minimum Gasteiger partial charge on any atom is -0.295 e. The number of ketones is 1. The first-order chi connectivity index (χ1) is 8.07. The standard InChI is InChI=1S/C12H9NO4/c1-7(10(15)6-14)13-11(16)8-4-2-3-5-9(8)12(13)17/h2-7H,1H3/t7-/m0/s1. The molecule has 0 aliphatic carbocycles. The number of carbonyl (C=O) groups is 4. The number of Topliss-reactive ketones (excluding diaryl/α,β-unsaturated/α-hetero) is 1. The Balaban J connectivity index is 2.43. The molecule has 2 rings (SSSR count). The number of rotatable bonds is 3. The molecule has 0 aromatic heterocycles. The van der Waals surface area contributed by atoms with Crippen molar-refractivity contribution in [2.75, 3.05) is 0 Å². The lowest BCUT2D eigenvalue weighted by molar-refractivity contribution is -0.132. The van der Waals surface area contributed by atoms with Crippen LogP contribution in [-0.4, -0.2) is 34.8 Å². The lowest BCUT2D eigenvalue weighted by Crippen LogP contribution is -2.43. The van der Waals surface area contributed by atoms with E-state index in [-0.39, 0.29) is 17.4 Å². The SMILES string of the molecule is C[C@@H](C(=O)C=O)N1C(=O)c2ccccc2C1=O. The Kier molecular flexibility index (Phi) is 2.59. The highest BCUT2D eigenvalue weighted by Gasteiger charge is 2.40. The molecule has 2 amide bonds. The van der Waals surface area contributed by atoms with Crippen molar-refractivity contribution in [3.63, 3.8) is 0 Å². The summed E-state index contributed by atoms with van der Waals surface area (Å²) in [5, 5.41) is 0. The van der Waals surface area contributed by atoms with Gasteiger partial charge in [0.2, 0.25) is 5.78 Å². The summed E-state index contributed by atoms with van der Waals surface area (Å²) in [6.45, 7) is 1.36. The lowest BCUT2D eigenvalue weighted by atomic mass is 10.1. The maximum absolute atomic E-state index is 11.9. The fourth-order valence-corrected chi connectivity index (χ4v) is 1.79. The summed E-state index contributed by atoms with van der Waals surface area (Å²) in [7, 11) is 0. The zero-order valence-corrected chi connectivity index (χ0v) is 9.04. The topological polar surface area (TPSA) is 71.5 Å². The van der Waals surface area contributed by atoms with Gasteiger partial charge in [-0.2, -0.15) is 0 Å². The second-order valence-electron chi connectivity index (χ2n) is 3.72. The van der Waals surface area contributed by atoms with Crippen molar-refractivity contribution in [2.24, 2.45) is 0 Å². The van der Waals surface area contributed by atoms with Crippen molar-refractivity contribution in [1.82, 2.24) is 4.90 Å². The summed E-state index contributed by atoms with van der Waals surface area (Å²) in [5.41, 5.74) is 0.533. The van der Waals surface area contributed by atoms with E-state index in [4.69, 9.17) is 0 Å². The molecule has 0 radical (unpaired) electrons. The molecule has 0 saturated carbocycles. The quantitative estimate of drug-likeness (QED) is 0.430. The molecule has 5 nitrogen and oxygen atoms in total. The van der Waals surface area contributed by atoms with Gasteiger partial charge in [-0.1, -0.05) is 12.1 Å². The van der Waals surface area contributed by atoms with E-state index in [1.807, 2.05) is 0 Å². The summed E-state index contributed by atoms with van der Waals surface area (Å²) in [4.78, 5) is 46.2. The first-order valence-electron chi connectivity index (χ1n) is 5.04. The van der Waals surface area contributed by atoms with Crippen LogP contribution in [-0.2, 0) is 9.59 Å². The molecule has 17 heavy (non-hydrogen) atoms. The van der Waals surface area contributed by atoms with Gasteiger partial charge in [0, 0.05) is 0 Å². The smallest absolute Gasteiger partial charge is 0.262 e. The number of benzene rings is 1. The van der Waals surface area contributed by atoms with Crippen LogP contribution >= 0.6 is 0 Å². The van der Waals surface area contributed by atoms with E-state index in [0.29, 0.717) is 0 Å². The van der Waals surface area contributed by atoms with Crippen LogP contribution in [0, 0.1) is 0 Å². The molecule has 1 aromatic carbocycles. The highest BCUT2D eigenvalue weighted by Crippen LogP contribution is 2.24. The van der Waals surface area contributed by atoms with E-state index in [2.05, 4.69) is 0 Å². The van der Waals surface area contributed by atoms with Crippen LogP contribution in [0.3, 0.4) is 0 Å². The van der Waals surface area contributed by atoms with Gasteiger partial charge in [0.15, 0.2) is 6.29 Å². The second-order valence-corrected chi connectivity index (χ2v) is 3.72. The minimum atomic E-state index is -1.06. The van der Waals surface area contributed by atoms with Crippen LogP contribution in [0.15, 0.2) is 24.3 Å². The third-order valence-corrected chi connectivity index (χ3v) is 2.74. The van der Waals surface area contributed by atoms with Crippen LogP contribution in [0.25, 0.3) is 0 Å². The molecule has 5 heteroatoms. The number of hydrogen-bond donors (Lipinski definition) is 0. The first kappa shape index (κ1) is 11.2. The van der Waals surface area contributed by atoms with Crippen molar-refractivity contribution in [3.05, 3.63) is 35.4 Å². The molecule has 1 aliphatic heterocycles. The Morgan fingerprint density at radius 2 is 1.65 bits per heavy atom. The van der Waals surface area contributed by atoms with E-state index in [0.717, 1.165) is 4.90 Å². The summed E-state index contributed by atoms with van der Waals surface area (Å²) < 4.78 is 0. The van der Waals surface area contributed by atoms with Gasteiger partial charge in [-0.05, 0) is 19.1 Å². The molecular weight excluding hydrogens is 222 g/mol. The van der Waals surface area contributed by atoms with E-state index in [1.165, 1.54) is 19.1 Å².